The van der Waals surface area contributed by atoms with Crippen LogP contribution in [0.25, 0.3) is 0 Å². The Kier molecular flexibility index (Phi) is 5.38. The van der Waals surface area contributed by atoms with Gasteiger partial charge in [0.2, 0.25) is 5.95 Å². The molecular formula is C15H23N5O4S. The number of carbonyl (C=O) groups excluding carboxylic acids is 1. The number of aromatic nitrogens is 2. The summed E-state index contributed by atoms with van der Waals surface area (Å²) >= 11 is 0. The molecule has 138 valence electrons. The van der Waals surface area contributed by atoms with Gasteiger partial charge in [0, 0.05) is 45.5 Å². The Bertz CT molecular complexity index is 719. The maximum atomic E-state index is 12.3. The summed E-state index contributed by atoms with van der Waals surface area (Å²) in [5.41, 5.74) is 0.278. The number of nitrogens with one attached hydrogen (secondary N) is 1. The van der Waals surface area contributed by atoms with E-state index in [0.29, 0.717) is 24.9 Å². The van der Waals surface area contributed by atoms with Gasteiger partial charge in [-0.3, -0.25) is 0 Å². The van der Waals surface area contributed by atoms with E-state index in [0.717, 1.165) is 26.2 Å². The zero-order chi connectivity index (χ0) is 17.9. The Hall–Kier alpha value is -1.94. The van der Waals surface area contributed by atoms with Crippen LogP contribution in [0.2, 0.25) is 0 Å². The molecule has 1 aromatic rings. The van der Waals surface area contributed by atoms with Gasteiger partial charge in [0.05, 0.1) is 18.1 Å². The Morgan fingerprint density at radius 1 is 1.20 bits per heavy atom. The summed E-state index contributed by atoms with van der Waals surface area (Å²) in [5, 5.41) is 3.27. The molecule has 3 heterocycles. The van der Waals surface area contributed by atoms with E-state index in [-0.39, 0.29) is 23.7 Å². The fourth-order valence-electron chi connectivity index (χ4n) is 2.90. The zero-order valence-corrected chi connectivity index (χ0v) is 15.1. The number of esters is 1. The molecule has 25 heavy (non-hydrogen) atoms. The van der Waals surface area contributed by atoms with Crippen molar-refractivity contribution in [1.82, 2.24) is 15.3 Å². The van der Waals surface area contributed by atoms with Crippen molar-refractivity contribution in [3.63, 3.8) is 0 Å². The fourth-order valence-corrected chi connectivity index (χ4v) is 4.10. The van der Waals surface area contributed by atoms with Gasteiger partial charge < -0.3 is 19.9 Å². The molecule has 2 saturated heterocycles. The van der Waals surface area contributed by atoms with Crippen molar-refractivity contribution in [2.75, 3.05) is 67.2 Å². The molecule has 1 N–H and O–H groups in total. The second-order valence-corrected chi connectivity index (χ2v) is 8.31. The van der Waals surface area contributed by atoms with Gasteiger partial charge in [-0.2, -0.15) is 4.98 Å². The Morgan fingerprint density at radius 3 is 2.52 bits per heavy atom. The van der Waals surface area contributed by atoms with Crippen LogP contribution in [0.15, 0.2) is 6.20 Å². The van der Waals surface area contributed by atoms with Gasteiger partial charge in [0.1, 0.15) is 11.4 Å². The lowest BCUT2D eigenvalue weighted by molar-refractivity contribution is 0.0526. The summed E-state index contributed by atoms with van der Waals surface area (Å²) in [4.78, 5) is 25.1. The van der Waals surface area contributed by atoms with Crippen molar-refractivity contribution >= 4 is 27.6 Å². The molecule has 0 radical (unpaired) electrons. The van der Waals surface area contributed by atoms with Crippen LogP contribution in [0.5, 0.6) is 0 Å². The van der Waals surface area contributed by atoms with Crippen molar-refractivity contribution in [1.29, 1.82) is 0 Å². The molecule has 10 heteroatoms. The number of rotatable bonds is 4. The number of hydrogen-bond acceptors (Lipinski definition) is 9. The first kappa shape index (κ1) is 17.9. The molecule has 2 fully saturated rings. The van der Waals surface area contributed by atoms with Crippen molar-refractivity contribution in [2.45, 2.75) is 6.92 Å². The van der Waals surface area contributed by atoms with E-state index in [1.54, 1.807) is 6.92 Å². The van der Waals surface area contributed by atoms with E-state index in [1.165, 1.54) is 6.20 Å². The van der Waals surface area contributed by atoms with E-state index in [2.05, 4.69) is 20.2 Å². The second-order valence-electron chi connectivity index (χ2n) is 6.00. The third-order valence-corrected chi connectivity index (χ3v) is 5.90. The number of nitrogens with zero attached hydrogens (tertiary/aromatic N) is 4. The number of sulfone groups is 1. The lowest BCUT2D eigenvalue weighted by Gasteiger charge is -2.31. The highest BCUT2D eigenvalue weighted by Gasteiger charge is 2.28. The van der Waals surface area contributed by atoms with Gasteiger partial charge in [-0.1, -0.05) is 0 Å². The van der Waals surface area contributed by atoms with Crippen LogP contribution in [0.1, 0.15) is 17.3 Å². The largest absolute Gasteiger partial charge is 0.462 e. The van der Waals surface area contributed by atoms with Gasteiger partial charge in [0.25, 0.3) is 0 Å². The number of piperazine rings is 1. The van der Waals surface area contributed by atoms with Crippen LogP contribution in [0.4, 0.5) is 11.8 Å². The lowest BCUT2D eigenvalue weighted by atomic mass is 10.2. The van der Waals surface area contributed by atoms with Crippen molar-refractivity contribution in [3.8, 4) is 0 Å². The monoisotopic (exact) mass is 369 g/mol. The van der Waals surface area contributed by atoms with Gasteiger partial charge in [-0.25, -0.2) is 18.2 Å². The minimum atomic E-state index is -3.02. The molecule has 0 aliphatic carbocycles. The third kappa shape index (κ3) is 4.18. The van der Waals surface area contributed by atoms with Crippen LogP contribution in [-0.2, 0) is 14.6 Å². The second kappa shape index (κ2) is 7.52. The van der Waals surface area contributed by atoms with E-state index in [1.807, 2.05) is 4.90 Å². The fraction of sp³-hybridized carbons (Fsp3) is 0.667. The third-order valence-electron chi connectivity index (χ3n) is 4.30. The number of anilines is 2. The van der Waals surface area contributed by atoms with E-state index in [9.17, 15) is 13.2 Å². The first-order chi connectivity index (χ1) is 12.0. The minimum absolute atomic E-state index is 0.0578. The molecule has 2 aliphatic heterocycles. The van der Waals surface area contributed by atoms with E-state index >= 15 is 0 Å². The molecule has 0 bridgehead atoms. The maximum Gasteiger partial charge on any atom is 0.343 e. The average molecular weight is 369 g/mol. The Balaban J connectivity index is 1.91. The predicted molar refractivity (Wildman–Crippen MR) is 93.9 cm³/mol. The Morgan fingerprint density at radius 2 is 1.88 bits per heavy atom. The van der Waals surface area contributed by atoms with Crippen LogP contribution in [0.3, 0.4) is 0 Å². The zero-order valence-electron chi connectivity index (χ0n) is 14.3. The summed E-state index contributed by atoms with van der Waals surface area (Å²) in [6.07, 6.45) is 1.49. The topological polar surface area (TPSA) is 105 Å². The van der Waals surface area contributed by atoms with Crippen molar-refractivity contribution in [3.05, 3.63) is 11.8 Å². The molecule has 2 aliphatic rings. The molecule has 0 spiro atoms. The molecule has 0 aromatic carbocycles. The van der Waals surface area contributed by atoms with Gasteiger partial charge in [-0.15, -0.1) is 0 Å². The molecule has 1 aromatic heterocycles. The molecular weight excluding hydrogens is 346 g/mol. The normalized spacial score (nSPS) is 20.4. The highest BCUT2D eigenvalue weighted by molar-refractivity contribution is 7.91. The molecule has 0 atom stereocenters. The number of carbonyl (C=O) groups is 1. The van der Waals surface area contributed by atoms with Crippen LogP contribution in [-0.4, -0.2) is 81.7 Å². The summed E-state index contributed by atoms with van der Waals surface area (Å²) in [6, 6.07) is 0. The highest BCUT2D eigenvalue weighted by Crippen LogP contribution is 2.23. The summed E-state index contributed by atoms with van der Waals surface area (Å²) < 4.78 is 28.5. The summed E-state index contributed by atoms with van der Waals surface area (Å²) in [6.45, 7) is 5.88. The van der Waals surface area contributed by atoms with Gasteiger partial charge in [0.15, 0.2) is 9.84 Å². The highest BCUT2D eigenvalue weighted by atomic mass is 32.2. The van der Waals surface area contributed by atoms with E-state index in [4.69, 9.17) is 4.74 Å². The number of ether oxygens (including phenoxy) is 1. The maximum absolute atomic E-state index is 12.3. The van der Waals surface area contributed by atoms with Gasteiger partial charge >= 0.3 is 5.97 Å². The molecule has 3 rings (SSSR count). The van der Waals surface area contributed by atoms with Crippen LogP contribution < -0.4 is 15.1 Å². The average Bonchev–Trinajstić information content (AvgIpc) is 2.62. The minimum Gasteiger partial charge on any atom is -0.462 e. The molecule has 0 amide bonds. The van der Waals surface area contributed by atoms with Crippen LogP contribution >= 0.6 is 0 Å². The van der Waals surface area contributed by atoms with Crippen LogP contribution in [0, 0.1) is 0 Å². The summed E-state index contributed by atoms with van der Waals surface area (Å²) in [7, 11) is -3.02. The first-order valence-corrected chi connectivity index (χ1v) is 10.3. The molecule has 0 unspecified atom stereocenters. The SMILES string of the molecule is CCOC(=O)c1cnc(N2CCNCC2)nc1N1CCS(=O)(=O)CC1. The predicted octanol–water partition coefficient (Wildman–Crippen LogP) is -0.702. The summed E-state index contributed by atoms with van der Waals surface area (Å²) in [5.74, 6) is 0.637. The first-order valence-electron chi connectivity index (χ1n) is 8.45. The number of hydrogen-bond donors (Lipinski definition) is 1. The quantitative estimate of drug-likeness (QED) is 0.690. The standard InChI is InChI=1S/C15H23N5O4S/c1-2-24-14(21)12-11-17-15(20-5-3-16-4-6-20)18-13(12)19-7-9-25(22,23)10-8-19/h11,16H,2-10H2,1H3. The molecule has 0 saturated carbocycles. The van der Waals surface area contributed by atoms with E-state index < -0.39 is 15.8 Å². The molecule has 9 nitrogen and oxygen atoms in total. The smallest absolute Gasteiger partial charge is 0.343 e. The van der Waals surface area contributed by atoms with Crippen molar-refractivity contribution < 1.29 is 17.9 Å². The van der Waals surface area contributed by atoms with Crippen molar-refractivity contribution in [2.24, 2.45) is 0 Å². The lowest BCUT2D eigenvalue weighted by Crippen LogP contribution is -2.45. The van der Waals surface area contributed by atoms with Gasteiger partial charge in [-0.05, 0) is 6.92 Å². The Labute approximate surface area is 147 Å².